The molecule has 0 N–H and O–H groups in total. The zero-order valence-electron chi connectivity index (χ0n) is 5.45. The molecule has 1 saturated heterocycles. The van der Waals surface area contributed by atoms with E-state index >= 15 is 0 Å². The summed E-state index contributed by atoms with van der Waals surface area (Å²) >= 11 is 0. The van der Waals surface area contributed by atoms with Crippen LogP contribution < -0.4 is 0 Å². The van der Waals surface area contributed by atoms with Gasteiger partial charge >= 0.3 is 6.80 Å². The quantitative estimate of drug-likeness (QED) is 0.613. The van der Waals surface area contributed by atoms with E-state index in [9.17, 15) is 4.57 Å². The van der Waals surface area contributed by atoms with Crippen LogP contribution >= 0.6 is 28.1 Å². The van der Waals surface area contributed by atoms with Crippen LogP contribution in [0.15, 0.2) is 0 Å². The number of hydrogen-bond acceptors (Lipinski definition) is 4. The van der Waals surface area contributed by atoms with Crippen molar-refractivity contribution in [2.45, 2.75) is 19.4 Å². The fourth-order valence-corrected chi connectivity index (χ4v) is 3.21. The molecular formula is C4H8ClO3PS. The van der Waals surface area contributed by atoms with E-state index in [2.05, 4.69) is 0 Å². The third kappa shape index (κ3) is 2.14. The molecule has 1 fully saturated rings. The molecule has 2 atom stereocenters. The Labute approximate surface area is 68.2 Å². The van der Waals surface area contributed by atoms with Crippen LogP contribution in [0, 0.1) is 0 Å². The molecule has 1 rings (SSSR count). The highest BCUT2D eigenvalue weighted by Gasteiger charge is 2.31. The topological polar surface area (TPSA) is 35.5 Å². The first kappa shape index (κ1) is 8.88. The Morgan fingerprint density at radius 3 is 2.90 bits per heavy atom. The lowest BCUT2D eigenvalue weighted by atomic mass is 10.3. The van der Waals surface area contributed by atoms with Crippen molar-refractivity contribution in [3.05, 3.63) is 0 Å². The van der Waals surface area contributed by atoms with Gasteiger partial charge in [-0.15, -0.1) is 0 Å². The molecular weight excluding hydrogens is 195 g/mol. The fourth-order valence-electron chi connectivity index (χ4n) is 0.670. The lowest BCUT2D eigenvalue weighted by molar-refractivity contribution is 0.104. The highest BCUT2D eigenvalue weighted by Crippen LogP contribution is 2.65. The Hall–Kier alpha value is 0.790. The second-order valence-electron chi connectivity index (χ2n) is 2.05. The van der Waals surface area contributed by atoms with Crippen molar-refractivity contribution >= 4 is 28.1 Å². The van der Waals surface area contributed by atoms with E-state index in [-0.39, 0.29) is 6.10 Å². The monoisotopic (exact) mass is 202 g/mol. The van der Waals surface area contributed by atoms with Gasteiger partial charge in [-0.2, -0.15) is 0 Å². The molecule has 0 aromatic heterocycles. The molecule has 1 heterocycles. The Morgan fingerprint density at radius 1 is 1.80 bits per heavy atom. The van der Waals surface area contributed by atoms with E-state index in [4.69, 9.17) is 19.7 Å². The molecule has 0 bridgehead atoms. The average molecular weight is 203 g/mol. The third-order valence-corrected chi connectivity index (χ3v) is 5.06. The lowest BCUT2D eigenvalue weighted by Gasteiger charge is -2.24. The molecule has 0 aliphatic carbocycles. The summed E-state index contributed by atoms with van der Waals surface area (Å²) < 4.78 is 21.0. The molecule has 0 aromatic rings. The van der Waals surface area contributed by atoms with Gasteiger partial charge in [0.2, 0.25) is 0 Å². The summed E-state index contributed by atoms with van der Waals surface area (Å²) in [6.07, 6.45) is 0.771. The number of rotatable bonds is 1. The van der Waals surface area contributed by atoms with E-state index in [0.29, 0.717) is 17.2 Å². The minimum absolute atomic E-state index is 0.00849. The van der Waals surface area contributed by atoms with Gasteiger partial charge in [0.25, 0.3) is 0 Å². The molecule has 0 radical (unpaired) electrons. The van der Waals surface area contributed by atoms with Gasteiger partial charge in [-0.3, -0.25) is 9.05 Å². The molecule has 6 heteroatoms. The largest absolute Gasteiger partial charge is 0.404 e. The van der Waals surface area contributed by atoms with Crippen LogP contribution in [0.25, 0.3) is 0 Å². The highest BCUT2D eigenvalue weighted by atomic mass is 35.7. The van der Waals surface area contributed by atoms with Gasteiger partial charge < -0.3 is 0 Å². The number of halogens is 1. The maximum Gasteiger partial charge on any atom is 0.404 e. The zero-order chi connectivity index (χ0) is 7.61. The lowest BCUT2D eigenvalue weighted by Crippen LogP contribution is -2.15. The summed E-state index contributed by atoms with van der Waals surface area (Å²) in [6, 6.07) is 0. The van der Waals surface area contributed by atoms with Gasteiger partial charge in [0.15, 0.2) is 0 Å². The molecule has 2 unspecified atom stereocenters. The summed E-state index contributed by atoms with van der Waals surface area (Å²) in [4.78, 5) is 0. The summed E-state index contributed by atoms with van der Waals surface area (Å²) in [5, 5.41) is 0. The van der Waals surface area contributed by atoms with Crippen molar-refractivity contribution in [3.8, 4) is 0 Å². The first-order valence-electron chi connectivity index (χ1n) is 2.89. The molecule has 0 amide bonds. The van der Waals surface area contributed by atoms with Crippen molar-refractivity contribution in [3.63, 3.8) is 0 Å². The third-order valence-electron chi connectivity index (χ3n) is 1.17. The van der Waals surface area contributed by atoms with E-state index < -0.39 is 6.80 Å². The van der Waals surface area contributed by atoms with Gasteiger partial charge in [0.1, 0.15) is 0 Å². The minimum Gasteiger partial charge on any atom is -0.300 e. The summed E-state index contributed by atoms with van der Waals surface area (Å²) in [6.45, 7) is -0.648. The molecule has 1 aliphatic heterocycles. The normalized spacial score (nSPS) is 41.6. The summed E-state index contributed by atoms with van der Waals surface area (Å²) in [5.74, 6) is 0. The van der Waals surface area contributed by atoms with Crippen molar-refractivity contribution in [1.29, 1.82) is 0 Å². The molecule has 10 heavy (non-hydrogen) atoms. The van der Waals surface area contributed by atoms with Crippen molar-refractivity contribution < 1.29 is 13.6 Å². The van der Waals surface area contributed by atoms with Crippen LogP contribution in [0.3, 0.4) is 0 Å². The maximum atomic E-state index is 11.2. The smallest absolute Gasteiger partial charge is 0.300 e. The predicted octanol–water partition coefficient (Wildman–Crippen LogP) is 2.81. The van der Waals surface area contributed by atoms with Crippen molar-refractivity contribution in [1.82, 2.24) is 0 Å². The van der Waals surface area contributed by atoms with E-state index in [1.165, 1.54) is 0 Å². The van der Waals surface area contributed by atoms with Crippen LogP contribution in [0.4, 0.5) is 0 Å². The van der Waals surface area contributed by atoms with E-state index in [1.54, 1.807) is 0 Å². The Balaban J connectivity index is 2.54. The molecule has 0 saturated carbocycles. The minimum atomic E-state index is -2.97. The van der Waals surface area contributed by atoms with Crippen LogP contribution in [-0.2, 0) is 13.6 Å². The van der Waals surface area contributed by atoms with Crippen LogP contribution in [0.2, 0.25) is 0 Å². The van der Waals surface area contributed by atoms with Gasteiger partial charge in [0, 0.05) is 0 Å². The predicted molar refractivity (Wildman–Crippen MR) is 42.2 cm³/mol. The Morgan fingerprint density at radius 2 is 2.50 bits per heavy atom. The standard InChI is InChI=1S/C4H8ClO3PS/c1-4-2-3-7-9(6,8-4)10-5/h4H,2-3H2,1H3. The van der Waals surface area contributed by atoms with Gasteiger partial charge in [-0.1, -0.05) is 0 Å². The maximum absolute atomic E-state index is 11.2. The second-order valence-corrected chi connectivity index (χ2v) is 6.55. The Kier molecular flexibility index (Phi) is 3.07. The molecule has 0 aromatic carbocycles. The second kappa shape index (κ2) is 3.46. The fraction of sp³-hybridized carbons (Fsp3) is 1.00. The molecule has 60 valence electrons. The summed E-state index contributed by atoms with van der Waals surface area (Å²) in [5.41, 5.74) is 0. The first-order chi connectivity index (χ1) is 4.66. The molecule has 3 nitrogen and oxygen atoms in total. The SMILES string of the molecule is CC1CCOP(=O)(SCl)O1. The highest BCUT2D eigenvalue weighted by molar-refractivity contribution is 8.66. The van der Waals surface area contributed by atoms with Crippen molar-refractivity contribution in [2.24, 2.45) is 0 Å². The number of hydrogen-bond donors (Lipinski definition) is 0. The van der Waals surface area contributed by atoms with Crippen molar-refractivity contribution in [2.75, 3.05) is 6.61 Å². The van der Waals surface area contributed by atoms with Gasteiger partial charge in [-0.25, -0.2) is 4.57 Å². The van der Waals surface area contributed by atoms with Crippen LogP contribution in [0.1, 0.15) is 13.3 Å². The zero-order valence-corrected chi connectivity index (χ0v) is 7.92. The average Bonchev–Trinajstić information content (AvgIpc) is 1.88. The van der Waals surface area contributed by atoms with E-state index in [0.717, 1.165) is 6.42 Å². The van der Waals surface area contributed by atoms with E-state index in [1.807, 2.05) is 6.92 Å². The van der Waals surface area contributed by atoms with Gasteiger partial charge in [-0.05, 0) is 24.0 Å². The summed E-state index contributed by atoms with van der Waals surface area (Å²) in [7, 11) is 5.93. The molecule has 0 spiro atoms. The first-order valence-corrected chi connectivity index (χ1v) is 6.69. The van der Waals surface area contributed by atoms with Crippen LogP contribution in [-0.4, -0.2) is 12.7 Å². The molecule has 1 aliphatic rings. The Bertz CT molecular complexity index is 165. The van der Waals surface area contributed by atoms with Gasteiger partial charge in [0.05, 0.1) is 23.3 Å². The van der Waals surface area contributed by atoms with Crippen LogP contribution in [0.5, 0.6) is 0 Å².